The second-order valence-corrected chi connectivity index (χ2v) is 9.88. The van der Waals surface area contributed by atoms with Crippen LogP contribution in [0.5, 0.6) is 5.75 Å². The van der Waals surface area contributed by atoms with Crippen molar-refractivity contribution in [1.82, 2.24) is 16.0 Å². The number of thioether (sulfide) groups is 1. The third-order valence-corrected chi connectivity index (χ3v) is 6.73. The number of phenolic OH excluding ortho intramolecular Hbond substituents is 1. The molecule has 196 valence electrons. The van der Waals surface area contributed by atoms with Gasteiger partial charge in [0.2, 0.25) is 17.7 Å². The van der Waals surface area contributed by atoms with E-state index in [1.165, 1.54) is 12.1 Å². The average molecular weight is 515 g/mol. The fraction of sp³-hybridized carbons (Fsp3) is 0.444. The number of carbonyl (C=O) groups is 3. The molecule has 0 aromatic heterocycles. The monoisotopic (exact) mass is 514 g/mol. The van der Waals surface area contributed by atoms with Gasteiger partial charge in [0.1, 0.15) is 17.8 Å². The van der Waals surface area contributed by atoms with Gasteiger partial charge in [-0.3, -0.25) is 14.4 Å². The van der Waals surface area contributed by atoms with Crippen molar-refractivity contribution in [3.05, 3.63) is 65.7 Å². The molecule has 36 heavy (non-hydrogen) atoms. The molecule has 6 N–H and O–H groups in total. The molecule has 0 radical (unpaired) electrons. The fourth-order valence-electron chi connectivity index (χ4n) is 3.58. The van der Waals surface area contributed by atoms with Crippen LogP contribution in [0.15, 0.2) is 54.6 Å². The van der Waals surface area contributed by atoms with Gasteiger partial charge < -0.3 is 26.8 Å². The van der Waals surface area contributed by atoms with Crippen LogP contribution in [-0.4, -0.2) is 53.0 Å². The number of carbonyl (C=O) groups excluding carboxylic acids is 3. The van der Waals surface area contributed by atoms with Gasteiger partial charge in [0.05, 0.1) is 6.04 Å². The molecule has 9 heteroatoms. The third kappa shape index (κ3) is 9.54. The Morgan fingerprint density at radius 2 is 1.61 bits per heavy atom. The van der Waals surface area contributed by atoms with E-state index in [4.69, 9.17) is 5.73 Å². The average Bonchev–Trinajstić information content (AvgIpc) is 2.89. The molecule has 2 aromatic carbocycles. The molecule has 0 aliphatic carbocycles. The van der Waals surface area contributed by atoms with Crippen molar-refractivity contribution < 1.29 is 19.5 Å². The lowest BCUT2D eigenvalue weighted by atomic mass is 9.97. The minimum absolute atomic E-state index is 0.106. The molecule has 0 aliphatic rings. The Hall–Kier alpha value is -3.04. The highest BCUT2D eigenvalue weighted by atomic mass is 32.2. The molecule has 0 aliphatic heterocycles. The first-order valence-electron chi connectivity index (χ1n) is 12.2. The van der Waals surface area contributed by atoms with Crippen molar-refractivity contribution in [1.29, 1.82) is 0 Å². The molecular formula is C27H38N4O4S. The van der Waals surface area contributed by atoms with Crippen LogP contribution < -0.4 is 21.7 Å². The van der Waals surface area contributed by atoms with Gasteiger partial charge in [-0.1, -0.05) is 62.7 Å². The van der Waals surface area contributed by atoms with Crippen LogP contribution in [0.2, 0.25) is 0 Å². The first-order valence-corrected chi connectivity index (χ1v) is 13.6. The minimum Gasteiger partial charge on any atom is -0.508 e. The zero-order chi connectivity index (χ0) is 26.5. The summed E-state index contributed by atoms with van der Waals surface area (Å²) in [7, 11) is 0. The standard InChI is InChI=1S/C27H38N4O4S/c1-4-18(2)24(27(35)29-17-20-8-6-5-7-9-20)31-26(34)23(16-19-10-12-21(32)13-11-19)30-25(33)22(28)14-15-36-3/h5-13,18,22-24,32H,4,14-17,28H2,1-3H3,(H,29,35)(H,30,33)(H,31,34)/t18-,22-,23-,24-/m0/s1. The number of phenols is 1. The second kappa shape index (κ2) is 15.2. The Morgan fingerprint density at radius 1 is 0.944 bits per heavy atom. The quantitative estimate of drug-likeness (QED) is 0.263. The van der Waals surface area contributed by atoms with E-state index in [0.717, 1.165) is 16.9 Å². The van der Waals surface area contributed by atoms with Crippen molar-refractivity contribution >= 4 is 29.5 Å². The van der Waals surface area contributed by atoms with E-state index in [2.05, 4.69) is 16.0 Å². The third-order valence-electron chi connectivity index (χ3n) is 6.08. The maximum absolute atomic E-state index is 13.4. The van der Waals surface area contributed by atoms with Crippen LogP contribution in [0.1, 0.15) is 37.8 Å². The van der Waals surface area contributed by atoms with Crippen molar-refractivity contribution in [3.63, 3.8) is 0 Å². The van der Waals surface area contributed by atoms with Gasteiger partial charge in [0.25, 0.3) is 0 Å². The van der Waals surface area contributed by atoms with Gasteiger partial charge in [-0.25, -0.2) is 0 Å². The number of nitrogens with two attached hydrogens (primary N) is 1. The molecule has 2 rings (SSSR count). The summed E-state index contributed by atoms with van der Waals surface area (Å²) in [5.41, 5.74) is 7.73. The maximum atomic E-state index is 13.4. The highest BCUT2D eigenvalue weighted by Gasteiger charge is 2.30. The SMILES string of the molecule is CC[C@H](C)[C@H](NC(=O)[C@H](Cc1ccc(O)cc1)NC(=O)[C@@H](N)CCSC)C(=O)NCc1ccccc1. The second-order valence-electron chi connectivity index (χ2n) is 8.89. The summed E-state index contributed by atoms with van der Waals surface area (Å²) in [4.78, 5) is 39.2. The number of hydrogen-bond acceptors (Lipinski definition) is 6. The Morgan fingerprint density at radius 3 is 2.22 bits per heavy atom. The summed E-state index contributed by atoms with van der Waals surface area (Å²) in [6, 6.07) is 13.5. The van der Waals surface area contributed by atoms with Crippen molar-refractivity contribution in [2.75, 3.05) is 12.0 Å². The van der Waals surface area contributed by atoms with Crippen molar-refractivity contribution in [2.24, 2.45) is 11.7 Å². The van der Waals surface area contributed by atoms with Crippen LogP contribution in [0.25, 0.3) is 0 Å². The molecule has 8 nitrogen and oxygen atoms in total. The van der Waals surface area contributed by atoms with Crippen LogP contribution in [-0.2, 0) is 27.3 Å². The van der Waals surface area contributed by atoms with E-state index in [1.54, 1.807) is 23.9 Å². The maximum Gasteiger partial charge on any atom is 0.243 e. The molecule has 4 atom stereocenters. The fourth-order valence-corrected chi connectivity index (χ4v) is 4.07. The zero-order valence-corrected chi connectivity index (χ0v) is 22.0. The van der Waals surface area contributed by atoms with E-state index >= 15 is 0 Å². The lowest BCUT2D eigenvalue weighted by Crippen LogP contribution is -2.57. The molecule has 0 bridgehead atoms. The van der Waals surface area contributed by atoms with Gasteiger partial charge >= 0.3 is 0 Å². The summed E-state index contributed by atoms with van der Waals surface area (Å²) in [6.07, 6.45) is 3.28. The van der Waals surface area contributed by atoms with Crippen molar-refractivity contribution in [2.45, 2.75) is 57.8 Å². The predicted octanol–water partition coefficient (Wildman–Crippen LogP) is 2.35. The van der Waals surface area contributed by atoms with Gasteiger partial charge in [-0.2, -0.15) is 11.8 Å². The van der Waals surface area contributed by atoms with Crippen LogP contribution in [0.4, 0.5) is 0 Å². The van der Waals surface area contributed by atoms with E-state index in [9.17, 15) is 19.5 Å². The Kier molecular flexibility index (Phi) is 12.3. The number of aromatic hydroxyl groups is 1. The number of benzene rings is 2. The lowest BCUT2D eigenvalue weighted by molar-refractivity contribution is -0.133. The predicted molar refractivity (Wildman–Crippen MR) is 144 cm³/mol. The molecule has 3 amide bonds. The molecule has 0 saturated heterocycles. The number of hydrogen-bond donors (Lipinski definition) is 5. The van der Waals surface area contributed by atoms with Crippen LogP contribution in [0, 0.1) is 5.92 Å². The van der Waals surface area contributed by atoms with E-state index < -0.39 is 29.9 Å². The van der Waals surface area contributed by atoms with Gasteiger partial charge in [-0.15, -0.1) is 0 Å². The molecule has 0 fully saturated rings. The topological polar surface area (TPSA) is 134 Å². The van der Waals surface area contributed by atoms with Gasteiger partial charge in [0.15, 0.2) is 0 Å². The highest BCUT2D eigenvalue weighted by Crippen LogP contribution is 2.13. The molecule has 0 unspecified atom stereocenters. The number of nitrogens with one attached hydrogen (secondary N) is 3. The first-order chi connectivity index (χ1) is 17.2. The summed E-state index contributed by atoms with van der Waals surface area (Å²) in [6.45, 7) is 4.20. The lowest BCUT2D eigenvalue weighted by Gasteiger charge is -2.27. The summed E-state index contributed by atoms with van der Waals surface area (Å²) in [5, 5.41) is 18.1. The van der Waals surface area contributed by atoms with Crippen LogP contribution >= 0.6 is 11.8 Å². The Balaban J connectivity index is 2.16. The largest absolute Gasteiger partial charge is 0.508 e. The molecule has 0 saturated carbocycles. The van der Waals surface area contributed by atoms with E-state index in [0.29, 0.717) is 19.4 Å². The molecule has 0 spiro atoms. The zero-order valence-electron chi connectivity index (χ0n) is 21.2. The minimum atomic E-state index is -0.934. The molecular weight excluding hydrogens is 476 g/mol. The number of rotatable bonds is 14. The molecule has 0 heterocycles. The van der Waals surface area contributed by atoms with E-state index in [1.807, 2.05) is 50.4 Å². The summed E-state index contributed by atoms with van der Waals surface area (Å²) >= 11 is 1.59. The summed E-state index contributed by atoms with van der Waals surface area (Å²) < 4.78 is 0. The Bertz CT molecular complexity index is 971. The Labute approximate surface area is 217 Å². The highest BCUT2D eigenvalue weighted by molar-refractivity contribution is 7.98. The summed E-state index contributed by atoms with van der Waals surface area (Å²) in [5.74, 6) is -0.465. The molecule has 2 aromatic rings. The first kappa shape index (κ1) is 29.2. The van der Waals surface area contributed by atoms with Crippen molar-refractivity contribution in [3.8, 4) is 5.75 Å². The van der Waals surface area contributed by atoms with E-state index in [-0.39, 0.29) is 24.0 Å². The van der Waals surface area contributed by atoms with Crippen LogP contribution in [0.3, 0.4) is 0 Å². The number of amides is 3. The van der Waals surface area contributed by atoms with Gasteiger partial charge in [0, 0.05) is 13.0 Å². The smallest absolute Gasteiger partial charge is 0.243 e. The normalized spacial score (nSPS) is 14.2. The van der Waals surface area contributed by atoms with Gasteiger partial charge in [-0.05, 0) is 47.6 Å².